The zero-order valence-corrected chi connectivity index (χ0v) is 14.8. The van der Waals surface area contributed by atoms with Crippen LogP contribution in [0.4, 0.5) is 22.9 Å². The van der Waals surface area contributed by atoms with E-state index >= 15 is 0 Å². The topological polar surface area (TPSA) is 99.0 Å². The molecule has 4 rings (SSSR count). The van der Waals surface area contributed by atoms with E-state index in [0.717, 1.165) is 16.9 Å². The Morgan fingerprint density at radius 2 is 1.61 bits per heavy atom. The molecule has 0 amide bonds. The minimum absolute atomic E-state index is 0.0287. The van der Waals surface area contributed by atoms with Crippen molar-refractivity contribution in [3.8, 4) is 16.9 Å². The van der Waals surface area contributed by atoms with E-state index in [-0.39, 0.29) is 5.69 Å². The fourth-order valence-electron chi connectivity index (χ4n) is 2.88. The van der Waals surface area contributed by atoms with Crippen LogP contribution >= 0.6 is 0 Å². The smallest absolute Gasteiger partial charge is 0.269 e. The van der Waals surface area contributed by atoms with Crippen LogP contribution in [0.5, 0.6) is 0 Å². The van der Waals surface area contributed by atoms with Crippen LogP contribution in [0.1, 0.15) is 0 Å². The van der Waals surface area contributed by atoms with Gasteiger partial charge in [0.05, 0.1) is 27.7 Å². The number of nitrogens with one attached hydrogen (secondary N) is 1. The van der Waals surface area contributed by atoms with E-state index in [9.17, 15) is 10.1 Å². The van der Waals surface area contributed by atoms with Gasteiger partial charge in [-0.1, -0.05) is 42.5 Å². The molecule has 3 N–H and O–H groups in total. The molecule has 1 aromatic heterocycles. The van der Waals surface area contributed by atoms with E-state index in [1.54, 1.807) is 16.8 Å². The Morgan fingerprint density at radius 1 is 0.929 bits per heavy atom. The molecule has 0 unspecified atom stereocenters. The molecule has 0 bridgehead atoms. The van der Waals surface area contributed by atoms with Crippen LogP contribution in [-0.4, -0.2) is 14.7 Å². The lowest BCUT2D eigenvalue weighted by atomic mass is 10.1. The van der Waals surface area contributed by atoms with Crippen molar-refractivity contribution in [1.29, 1.82) is 0 Å². The van der Waals surface area contributed by atoms with Crippen molar-refractivity contribution in [2.75, 3.05) is 11.1 Å². The normalized spacial score (nSPS) is 10.6. The van der Waals surface area contributed by atoms with Crippen molar-refractivity contribution in [2.24, 2.45) is 0 Å². The molecular weight excluding hydrogens is 354 g/mol. The Balaban J connectivity index is 1.80. The van der Waals surface area contributed by atoms with Crippen molar-refractivity contribution in [3.63, 3.8) is 0 Å². The number of rotatable bonds is 5. The van der Waals surface area contributed by atoms with Gasteiger partial charge in [0, 0.05) is 23.8 Å². The predicted octanol–water partition coefficient (Wildman–Crippen LogP) is 4.77. The van der Waals surface area contributed by atoms with Crippen LogP contribution in [0.15, 0.2) is 84.9 Å². The Bertz CT molecular complexity index is 1120. The maximum Gasteiger partial charge on any atom is 0.269 e. The lowest BCUT2D eigenvalue weighted by molar-refractivity contribution is -0.384. The van der Waals surface area contributed by atoms with Crippen LogP contribution in [0.25, 0.3) is 16.9 Å². The molecule has 0 aliphatic rings. The summed E-state index contributed by atoms with van der Waals surface area (Å²) in [5, 5.41) is 18.9. The van der Waals surface area contributed by atoms with E-state index in [4.69, 9.17) is 10.8 Å². The summed E-state index contributed by atoms with van der Waals surface area (Å²) in [4.78, 5) is 10.5. The highest BCUT2D eigenvalue weighted by Crippen LogP contribution is 2.29. The van der Waals surface area contributed by atoms with Crippen LogP contribution in [0, 0.1) is 10.1 Å². The average Bonchev–Trinajstić information content (AvgIpc) is 3.14. The molecule has 3 aromatic carbocycles. The summed E-state index contributed by atoms with van der Waals surface area (Å²) in [7, 11) is 0. The second kappa shape index (κ2) is 7.24. The molecule has 28 heavy (non-hydrogen) atoms. The molecule has 0 fully saturated rings. The van der Waals surface area contributed by atoms with Crippen LogP contribution < -0.4 is 11.1 Å². The van der Waals surface area contributed by atoms with Gasteiger partial charge >= 0.3 is 0 Å². The highest BCUT2D eigenvalue weighted by molar-refractivity contribution is 5.74. The number of nitro groups is 1. The molecule has 1 heterocycles. The molecule has 4 aromatic rings. The van der Waals surface area contributed by atoms with Gasteiger partial charge in [0.2, 0.25) is 0 Å². The van der Waals surface area contributed by atoms with Gasteiger partial charge in [-0.3, -0.25) is 10.1 Å². The van der Waals surface area contributed by atoms with Gasteiger partial charge in [0.1, 0.15) is 5.82 Å². The quantitative estimate of drug-likeness (QED) is 0.299. The van der Waals surface area contributed by atoms with Crippen molar-refractivity contribution in [2.45, 2.75) is 0 Å². The summed E-state index contributed by atoms with van der Waals surface area (Å²) in [6.45, 7) is 0. The Kier molecular flexibility index (Phi) is 4.47. The Hall–Kier alpha value is -4.13. The molecule has 0 saturated carbocycles. The summed E-state index contributed by atoms with van der Waals surface area (Å²) in [5.74, 6) is 0.700. The minimum atomic E-state index is -0.425. The van der Waals surface area contributed by atoms with Gasteiger partial charge in [-0.05, 0) is 24.3 Å². The van der Waals surface area contributed by atoms with E-state index in [2.05, 4.69) is 5.32 Å². The third-order valence-electron chi connectivity index (χ3n) is 4.31. The first kappa shape index (κ1) is 17.3. The maximum absolute atomic E-state index is 10.9. The van der Waals surface area contributed by atoms with E-state index < -0.39 is 4.92 Å². The number of benzene rings is 3. The second-order valence-corrected chi connectivity index (χ2v) is 6.18. The fourth-order valence-corrected chi connectivity index (χ4v) is 2.88. The fraction of sp³-hybridized carbons (Fsp3) is 0. The molecular formula is C21H17N5O2. The van der Waals surface area contributed by atoms with Crippen LogP contribution in [-0.2, 0) is 0 Å². The molecule has 138 valence electrons. The van der Waals surface area contributed by atoms with Gasteiger partial charge in [-0.15, -0.1) is 0 Å². The van der Waals surface area contributed by atoms with Crippen LogP contribution in [0.2, 0.25) is 0 Å². The highest BCUT2D eigenvalue weighted by atomic mass is 16.6. The maximum atomic E-state index is 10.9. The number of para-hydroxylation sites is 2. The molecule has 7 heteroatoms. The van der Waals surface area contributed by atoms with Crippen molar-refractivity contribution in [1.82, 2.24) is 9.78 Å². The average molecular weight is 371 g/mol. The van der Waals surface area contributed by atoms with E-state index in [1.807, 2.05) is 60.7 Å². The molecule has 0 aliphatic carbocycles. The van der Waals surface area contributed by atoms with Gasteiger partial charge in [-0.25, -0.2) is 4.68 Å². The number of hydrogen-bond donors (Lipinski definition) is 2. The first-order valence-electron chi connectivity index (χ1n) is 8.64. The van der Waals surface area contributed by atoms with Gasteiger partial charge < -0.3 is 11.1 Å². The van der Waals surface area contributed by atoms with Gasteiger partial charge in [0.25, 0.3) is 5.69 Å². The van der Waals surface area contributed by atoms with E-state index in [1.165, 1.54) is 12.1 Å². The van der Waals surface area contributed by atoms with Gasteiger partial charge in [0.15, 0.2) is 0 Å². The minimum Gasteiger partial charge on any atom is -0.397 e. The number of anilines is 3. The third-order valence-corrected chi connectivity index (χ3v) is 4.31. The Morgan fingerprint density at radius 3 is 2.29 bits per heavy atom. The SMILES string of the molecule is Nc1ccccc1Nc1cc(-c2ccccc2)nn1-c1ccc([N+](=O)[O-])cc1. The first-order valence-corrected chi connectivity index (χ1v) is 8.64. The lowest BCUT2D eigenvalue weighted by Gasteiger charge is -2.11. The number of non-ortho nitro benzene ring substituents is 1. The third kappa shape index (κ3) is 3.41. The summed E-state index contributed by atoms with van der Waals surface area (Å²) in [6, 6.07) is 25.4. The van der Waals surface area contributed by atoms with Crippen molar-refractivity contribution in [3.05, 3.63) is 95.0 Å². The predicted molar refractivity (Wildman–Crippen MR) is 110 cm³/mol. The number of nitrogen functional groups attached to an aromatic ring is 1. The standard InChI is InChI=1S/C21H17N5O2/c22-18-8-4-5-9-19(18)23-21-14-20(15-6-2-1-3-7-15)24-25(21)16-10-12-17(13-11-16)26(27)28/h1-14,23H,22H2. The lowest BCUT2D eigenvalue weighted by Crippen LogP contribution is -2.04. The molecule has 0 radical (unpaired) electrons. The number of nitro benzene ring substituents is 1. The molecule has 0 spiro atoms. The molecule has 0 atom stereocenters. The van der Waals surface area contributed by atoms with Gasteiger partial charge in [-0.2, -0.15) is 5.10 Å². The monoisotopic (exact) mass is 371 g/mol. The number of nitrogens with two attached hydrogens (primary N) is 1. The summed E-state index contributed by atoms with van der Waals surface area (Å²) in [5.41, 5.74) is 9.89. The second-order valence-electron chi connectivity index (χ2n) is 6.18. The first-order chi connectivity index (χ1) is 13.6. The number of nitrogens with zero attached hydrogens (tertiary/aromatic N) is 3. The summed E-state index contributed by atoms with van der Waals surface area (Å²) < 4.78 is 1.71. The molecule has 7 nitrogen and oxygen atoms in total. The number of aromatic nitrogens is 2. The summed E-state index contributed by atoms with van der Waals surface area (Å²) in [6.07, 6.45) is 0. The largest absolute Gasteiger partial charge is 0.397 e. The molecule has 0 saturated heterocycles. The van der Waals surface area contributed by atoms with E-state index in [0.29, 0.717) is 17.2 Å². The molecule has 0 aliphatic heterocycles. The van der Waals surface area contributed by atoms with Crippen molar-refractivity contribution >= 4 is 22.9 Å². The Labute approximate surface area is 161 Å². The number of hydrogen-bond acceptors (Lipinski definition) is 5. The highest BCUT2D eigenvalue weighted by Gasteiger charge is 2.14. The van der Waals surface area contributed by atoms with Crippen LogP contribution in [0.3, 0.4) is 0 Å². The summed E-state index contributed by atoms with van der Waals surface area (Å²) >= 11 is 0. The van der Waals surface area contributed by atoms with Crippen molar-refractivity contribution < 1.29 is 4.92 Å². The zero-order valence-electron chi connectivity index (χ0n) is 14.8. The zero-order chi connectivity index (χ0) is 19.5.